The van der Waals surface area contributed by atoms with Gasteiger partial charge < -0.3 is 15.0 Å². The minimum Gasteiger partial charge on any atom is -0.469 e. The molecule has 4 nitrogen and oxygen atoms in total. The summed E-state index contributed by atoms with van der Waals surface area (Å²) in [7, 11) is 1.44. The van der Waals surface area contributed by atoms with Crippen molar-refractivity contribution in [3.8, 4) is 0 Å². The van der Waals surface area contributed by atoms with Crippen molar-refractivity contribution in [1.29, 1.82) is 0 Å². The monoisotopic (exact) mass is 228 g/mol. The Morgan fingerprint density at radius 2 is 2.00 bits per heavy atom. The quantitative estimate of drug-likeness (QED) is 0.522. The van der Waals surface area contributed by atoms with Crippen LogP contribution >= 0.6 is 0 Å². The average Bonchev–Trinajstić information content (AvgIpc) is 2.34. The van der Waals surface area contributed by atoms with Crippen LogP contribution in [-0.2, 0) is 9.53 Å². The lowest BCUT2D eigenvalue weighted by Gasteiger charge is -2.26. The lowest BCUT2D eigenvalue weighted by Crippen LogP contribution is -2.36. The first kappa shape index (κ1) is 13.5. The predicted molar refractivity (Wildman–Crippen MR) is 64.4 cm³/mol. The standard InChI is InChI=1S/C12H24N2O2/c1-16-12(15)6-5-7-13-8-11-14-9-3-2-4-10-14/h13H,2-11H2,1H3. The number of carbonyl (C=O) groups is 1. The number of methoxy groups -OCH3 is 1. The van der Waals surface area contributed by atoms with Crippen LogP contribution in [0.15, 0.2) is 0 Å². The van der Waals surface area contributed by atoms with Gasteiger partial charge in [-0.05, 0) is 38.9 Å². The average molecular weight is 228 g/mol. The van der Waals surface area contributed by atoms with Gasteiger partial charge in [-0.3, -0.25) is 4.79 Å². The molecule has 1 heterocycles. The van der Waals surface area contributed by atoms with E-state index in [9.17, 15) is 4.79 Å². The Morgan fingerprint density at radius 1 is 1.25 bits per heavy atom. The van der Waals surface area contributed by atoms with Gasteiger partial charge in [0, 0.05) is 19.5 Å². The molecule has 0 radical (unpaired) electrons. The second-order valence-electron chi connectivity index (χ2n) is 4.33. The van der Waals surface area contributed by atoms with Gasteiger partial charge in [0.15, 0.2) is 0 Å². The van der Waals surface area contributed by atoms with Crippen molar-refractivity contribution in [2.75, 3.05) is 39.8 Å². The van der Waals surface area contributed by atoms with E-state index in [2.05, 4.69) is 15.0 Å². The van der Waals surface area contributed by atoms with Crippen LogP contribution in [0.3, 0.4) is 0 Å². The van der Waals surface area contributed by atoms with Gasteiger partial charge in [0.05, 0.1) is 7.11 Å². The zero-order valence-corrected chi connectivity index (χ0v) is 10.3. The Balaban J connectivity index is 1.85. The van der Waals surface area contributed by atoms with Crippen LogP contribution in [0.25, 0.3) is 0 Å². The minimum absolute atomic E-state index is 0.113. The Kier molecular flexibility index (Phi) is 7.17. The molecule has 16 heavy (non-hydrogen) atoms. The van der Waals surface area contributed by atoms with Crippen molar-refractivity contribution in [2.45, 2.75) is 32.1 Å². The summed E-state index contributed by atoms with van der Waals surface area (Å²) in [5, 5.41) is 3.36. The Labute approximate surface area is 98.3 Å². The molecule has 0 aliphatic carbocycles. The third-order valence-corrected chi connectivity index (χ3v) is 3.02. The minimum atomic E-state index is -0.113. The highest BCUT2D eigenvalue weighted by atomic mass is 16.5. The molecule has 0 unspecified atom stereocenters. The Bertz CT molecular complexity index is 191. The fourth-order valence-corrected chi connectivity index (χ4v) is 2.00. The van der Waals surface area contributed by atoms with Crippen LogP contribution in [0.2, 0.25) is 0 Å². The molecule has 1 fully saturated rings. The first-order valence-electron chi connectivity index (χ1n) is 6.33. The highest BCUT2D eigenvalue weighted by Crippen LogP contribution is 2.07. The molecule has 0 aromatic heterocycles. The third-order valence-electron chi connectivity index (χ3n) is 3.02. The van der Waals surface area contributed by atoms with Crippen molar-refractivity contribution in [3.63, 3.8) is 0 Å². The van der Waals surface area contributed by atoms with E-state index in [0.717, 1.165) is 26.1 Å². The molecule has 0 spiro atoms. The van der Waals surface area contributed by atoms with Gasteiger partial charge in [-0.1, -0.05) is 6.42 Å². The molecule has 0 amide bonds. The SMILES string of the molecule is COC(=O)CCCNCCN1CCCCC1. The topological polar surface area (TPSA) is 41.6 Å². The zero-order valence-electron chi connectivity index (χ0n) is 10.3. The maximum atomic E-state index is 10.8. The number of piperidine rings is 1. The molecule has 1 aliphatic rings. The smallest absolute Gasteiger partial charge is 0.305 e. The van der Waals surface area contributed by atoms with Gasteiger partial charge in [0.1, 0.15) is 0 Å². The molecule has 0 aromatic carbocycles. The number of likely N-dealkylation sites (tertiary alicyclic amines) is 1. The number of carbonyl (C=O) groups excluding carboxylic acids is 1. The predicted octanol–water partition coefficient (Wildman–Crippen LogP) is 1.02. The third kappa shape index (κ3) is 6.08. The first-order chi connectivity index (χ1) is 7.83. The maximum absolute atomic E-state index is 10.8. The van der Waals surface area contributed by atoms with Crippen LogP contribution in [0.5, 0.6) is 0 Å². The summed E-state index contributed by atoms with van der Waals surface area (Å²) in [5.41, 5.74) is 0. The number of nitrogens with one attached hydrogen (secondary N) is 1. The summed E-state index contributed by atoms with van der Waals surface area (Å²) in [6, 6.07) is 0. The molecule has 0 saturated carbocycles. The van der Waals surface area contributed by atoms with Crippen molar-refractivity contribution in [1.82, 2.24) is 10.2 Å². The molecule has 1 N–H and O–H groups in total. The summed E-state index contributed by atoms with van der Waals surface area (Å²) in [5.74, 6) is -0.113. The fourth-order valence-electron chi connectivity index (χ4n) is 2.00. The summed E-state index contributed by atoms with van der Waals surface area (Å²) in [6.07, 6.45) is 5.48. The van der Waals surface area contributed by atoms with Crippen LogP contribution < -0.4 is 5.32 Å². The maximum Gasteiger partial charge on any atom is 0.305 e. The summed E-state index contributed by atoms with van der Waals surface area (Å²) < 4.78 is 4.58. The van der Waals surface area contributed by atoms with E-state index in [-0.39, 0.29) is 5.97 Å². The van der Waals surface area contributed by atoms with Crippen LogP contribution in [0, 0.1) is 0 Å². The first-order valence-corrected chi connectivity index (χ1v) is 6.33. The van der Waals surface area contributed by atoms with Crippen molar-refractivity contribution < 1.29 is 9.53 Å². The summed E-state index contributed by atoms with van der Waals surface area (Å²) in [6.45, 7) is 5.58. The number of nitrogens with zero attached hydrogens (tertiary/aromatic N) is 1. The highest BCUT2D eigenvalue weighted by Gasteiger charge is 2.08. The molecular formula is C12H24N2O2. The van der Waals surface area contributed by atoms with E-state index in [1.54, 1.807) is 0 Å². The number of rotatable bonds is 7. The van der Waals surface area contributed by atoms with Crippen LogP contribution in [0.1, 0.15) is 32.1 Å². The Morgan fingerprint density at radius 3 is 2.69 bits per heavy atom. The highest BCUT2D eigenvalue weighted by molar-refractivity contribution is 5.68. The molecular weight excluding hydrogens is 204 g/mol. The van der Waals surface area contributed by atoms with Gasteiger partial charge in [-0.15, -0.1) is 0 Å². The summed E-state index contributed by atoms with van der Waals surface area (Å²) in [4.78, 5) is 13.3. The molecule has 1 rings (SSSR count). The molecule has 1 saturated heterocycles. The number of esters is 1. The van der Waals surface area contributed by atoms with Crippen LogP contribution in [-0.4, -0.2) is 50.7 Å². The zero-order chi connectivity index (χ0) is 11.6. The molecule has 94 valence electrons. The van der Waals surface area contributed by atoms with E-state index in [1.165, 1.54) is 39.5 Å². The van der Waals surface area contributed by atoms with Gasteiger partial charge >= 0.3 is 5.97 Å². The van der Waals surface area contributed by atoms with Crippen molar-refractivity contribution in [3.05, 3.63) is 0 Å². The Hall–Kier alpha value is -0.610. The van der Waals surface area contributed by atoms with E-state index in [0.29, 0.717) is 6.42 Å². The number of hydrogen-bond donors (Lipinski definition) is 1. The normalized spacial score (nSPS) is 17.3. The van der Waals surface area contributed by atoms with E-state index >= 15 is 0 Å². The second-order valence-corrected chi connectivity index (χ2v) is 4.33. The molecule has 4 heteroatoms. The lowest BCUT2D eigenvalue weighted by molar-refractivity contribution is -0.140. The van der Waals surface area contributed by atoms with E-state index in [4.69, 9.17) is 0 Å². The molecule has 0 bridgehead atoms. The largest absolute Gasteiger partial charge is 0.469 e. The molecule has 0 atom stereocenters. The molecule has 0 aromatic rings. The number of ether oxygens (including phenoxy) is 1. The molecule has 1 aliphatic heterocycles. The van der Waals surface area contributed by atoms with Gasteiger partial charge in [-0.2, -0.15) is 0 Å². The fraction of sp³-hybridized carbons (Fsp3) is 0.917. The lowest BCUT2D eigenvalue weighted by atomic mass is 10.1. The van der Waals surface area contributed by atoms with Crippen molar-refractivity contribution >= 4 is 5.97 Å². The van der Waals surface area contributed by atoms with Crippen LogP contribution in [0.4, 0.5) is 0 Å². The van der Waals surface area contributed by atoms with Gasteiger partial charge in [0.25, 0.3) is 0 Å². The van der Waals surface area contributed by atoms with Gasteiger partial charge in [-0.25, -0.2) is 0 Å². The van der Waals surface area contributed by atoms with E-state index in [1.807, 2.05) is 0 Å². The van der Waals surface area contributed by atoms with Crippen molar-refractivity contribution in [2.24, 2.45) is 0 Å². The van der Waals surface area contributed by atoms with Gasteiger partial charge in [0.2, 0.25) is 0 Å². The summed E-state index contributed by atoms with van der Waals surface area (Å²) >= 11 is 0. The van der Waals surface area contributed by atoms with E-state index < -0.39 is 0 Å². The number of hydrogen-bond acceptors (Lipinski definition) is 4. The second kappa shape index (κ2) is 8.53.